The van der Waals surface area contributed by atoms with Crippen LogP contribution in [0.3, 0.4) is 0 Å². The number of nitrogens with zero attached hydrogens (tertiary/aromatic N) is 2. The first-order valence-corrected chi connectivity index (χ1v) is 7.26. The summed E-state index contributed by atoms with van der Waals surface area (Å²) >= 11 is 0. The first-order chi connectivity index (χ1) is 8.50. The maximum absolute atomic E-state index is 9.62. The zero-order valence-electron chi connectivity index (χ0n) is 12.1. The Bertz CT molecular complexity index is 387. The summed E-state index contributed by atoms with van der Waals surface area (Å²) in [7, 11) is 0. The van der Waals surface area contributed by atoms with Crippen LogP contribution in [0.5, 0.6) is 0 Å². The van der Waals surface area contributed by atoms with Gasteiger partial charge in [0.25, 0.3) is 0 Å². The molecular weight excluding hydrogens is 224 g/mol. The van der Waals surface area contributed by atoms with Crippen molar-refractivity contribution >= 4 is 0 Å². The van der Waals surface area contributed by atoms with Gasteiger partial charge in [0.15, 0.2) is 0 Å². The predicted molar refractivity (Wildman–Crippen MR) is 73.9 cm³/mol. The molecule has 0 aromatic carbocycles. The van der Waals surface area contributed by atoms with Gasteiger partial charge in [-0.05, 0) is 43.1 Å². The van der Waals surface area contributed by atoms with Crippen LogP contribution >= 0.6 is 0 Å². The quantitative estimate of drug-likeness (QED) is 0.890. The molecule has 1 aromatic heterocycles. The Hall–Kier alpha value is -0.830. The summed E-state index contributed by atoms with van der Waals surface area (Å²) in [6.45, 7) is 8.96. The summed E-state index contributed by atoms with van der Waals surface area (Å²) in [5.41, 5.74) is 2.78. The van der Waals surface area contributed by atoms with E-state index in [0.29, 0.717) is 17.9 Å². The van der Waals surface area contributed by atoms with Crippen molar-refractivity contribution in [1.29, 1.82) is 0 Å². The smallest absolute Gasteiger partial charge is 0.0541 e. The lowest BCUT2D eigenvalue weighted by atomic mass is 9.91. The van der Waals surface area contributed by atoms with E-state index >= 15 is 0 Å². The second-order valence-electron chi connectivity index (χ2n) is 6.20. The summed E-state index contributed by atoms with van der Waals surface area (Å²) in [6.07, 6.45) is 5.90. The molecule has 1 heterocycles. The third-order valence-corrected chi connectivity index (χ3v) is 4.04. The van der Waals surface area contributed by atoms with Gasteiger partial charge in [-0.15, -0.1) is 0 Å². The number of hydrogen-bond donors (Lipinski definition) is 1. The van der Waals surface area contributed by atoms with E-state index in [1.807, 2.05) is 6.20 Å². The maximum Gasteiger partial charge on any atom is 0.0541 e. The van der Waals surface area contributed by atoms with Crippen molar-refractivity contribution < 1.29 is 5.11 Å². The van der Waals surface area contributed by atoms with Gasteiger partial charge in [0.1, 0.15) is 0 Å². The molecule has 0 amide bonds. The second kappa shape index (κ2) is 5.43. The molecule has 1 N–H and O–H groups in total. The maximum atomic E-state index is 9.62. The fourth-order valence-electron chi connectivity index (χ4n) is 3.02. The minimum Gasteiger partial charge on any atom is -0.393 e. The molecule has 1 aromatic rings. The van der Waals surface area contributed by atoms with Gasteiger partial charge in [-0.25, -0.2) is 0 Å². The topological polar surface area (TPSA) is 38.0 Å². The number of aliphatic hydroxyl groups is 1. The predicted octanol–water partition coefficient (Wildman–Crippen LogP) is 3.61. The Morgan fingerprint density at radius 2 is 1.72 bits per heavy atom. The molecule has 0 unspecified atom stereocenters. The van der Waals surface area contributed by atoms with Crippen LogP contribution in [0, 0.1) is 0 Å². The van der Waals surface area contributed by atoms with E-state index in [0.717, 1.165) is 25.7 Å². The molecular formula is C15H26N2O. The summed E-state index contributed by atoms with van der Waals surface area (Å²) in [6, 6.07) is 0.485. The van der Waals surface area contributed by atoms with Crippen LogP contribution in [0.15, 0.2) is 6.20 Å². The van der Waals surface area contributed by atoms with Crippen molar-refractivity contribution in [1.82, 2.24) is 9.78 Å². The van der Waals surface area contributed by atoms with Crippen molar-refractivity contribution in [2.45, 2.75) is 77.4 Å². The van der Waals surface area contributed by atoms with E-state index < -0.39 is 0 Å². The van der Waals surface area contributed by atoms with Crippen molar-refractivity contribution in [2.75, 3.05) is 0 Å². The molecule has 18 heavy (non-hydrogen) atoms. The van der Waals surface area contributed by atoms with E-state index in [9.17, 15) is 5.11 Å². The Labute approximate surface area is 110 Å². The van der Waals surface area contributed by atoms with Crippen molar-refractivity contribution in [3.8, 4) is 0 Å². The van der Waals surface area contributed by atoms with E-state index in [-0.39, 0.29) is 6.10 Å². The minimum atomic E-state index is -0.0936. The Balaban J connectivity index is 2.27. The molecule has 0 atom stereocenters. The largest absolute Gasteiger partial charge is 0.393 e. The van der Waals surface area contributed by atoms with Crippen LogP contribution in [0.2, 0.25) is 0 Å². The van der Waals surface area contributed by atoms with Crippen LogP contribution in [-0.2, 0) is 0 Å². The summed E-state index contributed by atoms with van der Waals surface area (Å²) in [4.78, 5) is 0. The second-order valence-corrected chi connectivity index (χ2v) is 6.20. The molecule has 1 saturated carbocycles. The van der Waals surface area contributed by atoms with Gasteiger partial charge in [0, 0.05) is 5.69 Å². The van der Waals surface area contributed by atoms with Crippen LogP contribution in [0.4, 0.5) is 0 Å². The van der Waals surface area contributed by atoms with Gasteiger partial charge in [0.2, 0.25) is 0 Å². The number of aromatic nitrogens is 2. The average molecular weight is 250 g/mol. The van der Waals surface area contributed by atoms with Gasteiger partial charge in [-0.2, -0.15) is 5.10 Å². The third-order valence-electron chi connectivity index (χ3n) is 4.04. The highest BCUT2D eigenvalue weighted by atomic mass is 16.3. The van der Waals surface area contributed by atoms with E-state index in [2.05, 4.69) is 37.5 Å². The number of hydrogen-bond acceptors (Lipinski definition) is 2. The van der Waals surface area contributed by atoms with Gasteiger partial charge in [0.05, 0.1) is 18.3 Å². The molecule has 102 valence electrons. The van der Waals surface area contributed by atoms with Crippen molar-refractivity contribution in [2.24, 2.45) is 0 Å². The summed E-state index contributed by atoms with van der Waals surface area (Å²) < 4.78 is 2.24. The highest BCUT2D eigenvalue weighted by Crippen LogP contribution is 2.34. The molecule has 1 aliphatic carbocycles. The highest BCUT2D eigenvalue weighted by Gasteiger charge is 2.25. The monoisotopic (exact) mass is 250 g/mol. The van der Waals surface area contributed by atoms with Crippen LogP contribution in [-0.4, -0.2) is 21.0 Å². The summed E-state index contributed by atoms with van der Waals surface area (Å²) in [5, 5.41) is 14.3. The van der Waals surface area contributed by atoms with Gasteiger partial charge in [-0.3, -0.25) is 4.68 Å². The number of rotatable bonds is 3. The Morgan fingerprint density at radius 1 is 1.11 bits per heavy atom. The van der Waals surface area contributed by atoms with Crippen LogP contribution < -0.4 is 0 Å². The fraction of sp³-hybridized carbons (Fsp3) is 0.800. The average Bonchev–Trinajstić information content (AvgIpc) is 2.74. The van der Waals surface area contributed by atoms with Crippen LogP contribution in [0.1, 0.15) is 82.5 Å². The lowest BCUT2D eigenvalue weighted by Crippen LogP contribution is -2.23. The Kier molecular flexibility index (Phi) is 4.10. The minimum absolute atomic E-state index is 0.0936. The molecule has 0 aliphatic heterocycles. The zero-order chi connectivity index (χ0) is 13.3. The van der Waals surface area contributed by atoms with Gasteiger partial charge >= 0.3 is 0 Å². The molecule has 1 fully saturated rings. The SMILES string of the molecule is CC(C)c1cnn(C2CCC(O)CC2)c1C(C)C. The molecule has 0 saturated heterocycles. The highest BCUT2D eigenvalue weighted by molar-refractivity contribution is 5.25. The van der Waals surface area contributed by atoms with Crippen LogP contribution in [0.25, 0.3) is 0 Å². The Morgan fingerprint density at radius 3 is 2.22 bits per heavy atom. The first-order valence-electron chi connectivity index (χ1n) is 7.26. The van der Waals surface area contributed by atoms with E-state index in [1.54, 1.807) is 0 Å². The van der Waals surface area contributed by atoms with Gasteiger partial charge < -0.3 is 5.11 Å². The normalized spacial score (nSPS) is 25.1. The molecule has 2 rings (SSSR count). The lowest BCUT2D eigenvalue weighted by Gasteiger charge is -2.28. The molecule has 1 aliphatic rings. The molecule has 0 spiro atoms. The molecule has 0 bridgehead atoms. The molecule has 0 radical (unpaired) electrons. The molecule has 3 heteroatoms. The summed E-state index contributed by atoms with van der Waals surface area (Å²) in [5.74, 6) is 1.04. The van der Waals surface area contributed by atoms with E-state index in [1.165, 1.54) is 11.3 Å². The first kappa shape index (κ1) is 13.6. The number of aliphatic hydroxyl groups excluding tert-OH is 1. The standard InChI is InChI=1S/C15H26N2O/c1-10(2)14-9-16-17(15(14)11(3)4)12-5-7-13(18)8-6-12/h9-13,18H,5-8H2,1-4H3. The van der Waals surface area contributed by atoms with Gasteiger partial charge in [-0.1, -0.05) is 27.7 Å². The zero-order valence-corrected chi connectivity index (χ0v) is 12.1. The van der Waals surface area contributed by atoms with Crippen molar-refractivity contribution in [3.63, 3.8) is 0 Å². The molecule has 3 nitrogen and oxygen atoms in total. The third kappa shape index (κ3) is 2.61. The van der Waals surface area contributed by atoms with Crippen molar-refractivity contribution in [3.05, 3.63) is 17.5 Å². The van der Waals surface area contributed by atoms with E-state index in [4.69, 9.17) is 0 Å². The fourth-order valence-corrected chi connectivity index (χ4v) is 3.02. The lowest BCUT2D eigenvalue weighted by molar-refractivity contribution is 0.107.